The van der Waals surface area contributed by atoms with Gasteiger partial charge in [0.2, 0.25) is 5.91 Å². The zero-order valence-corrected chi connectivity index (χ0v) is 12.0. The Morgan fingerprint density at radius 3 is 2.32 bits per heavy atom. The molecule has 2 heterocycles. The number of amides is 3. The summed E-state index contributed by atoms with van der Waals surface area (Å²) >= 11 is 0. The first-order valence-electron chi connectivity index (χ1n) is 7.18. The van der Waals surface area contributed by atoms with Crippen LogP contribution in [0.15, 0.2) is 24.3 Å². The maximum atomic E-state index is 12.2. The number of aliphatic hydroxyl groups is 1. The second kappa shape index (κ2) is 5.86. The lowest BCUT2D eigenvalue weighted by Gasteiger charge is -2.29. The van der Waals surface area contributed by atoms with E-state index in [-0.39, 0.29) is 37.4 Å². The van der Waals surface area contributed by atoms with Crippen LogP contribution in [-0.4, -0.2) is 71.5 Å². The first-order valence-corrected chi connectivity index (χ1v) is 7.18. The molecule has 116 valence electrons. The van der Waals surface area contributed by atoms with Crippen LogP contribution in [0.2, 0.25) is 0 Å². The van der Waals surface area contributed by atoms with Gasteiger partial charge in [-0.3, -0.25) is 24.2 Å². The lowest BCUT2D eigenvalue weighted by Crippen LogP contribution is -2.51. The summed E-state index contributed by atoms with van der Waals surface area (Å²) < 4.78 is 0. The molecule has 0 aromatic heterocycles. The van der Waals surface area contributed by atoms with Gasteiger partial charge in [0.25, 0.3) is 11.8 Å². The van der Waals surface area contributed by atoms with Gasteiger partial charge in [0.15, 0.2) is 0 Å². The van der Waals surface area contributed by atoms with Crippen molar-refractivity contribution in [3.05, 3.63) is 35.4 Å². The highest BCUT2D eigenvalue weighted by atomic mass is 16.3. The van der Waals surface area contributed by atoms with Crippen LogP contribution < -0.4 is 5.32 Å². The summed E-state index contributed by atoms with van der Waals surface area (Å²) in [7, 11) is 0. The van der Waals surface area contributed by atoms with Gasteiger partial charge in [-0.25, -0.2) is 0 Å². The Balaban J connectivity index is 1.63. The topological polar surface area (TPSA) is 90.0 Å². The lowest BCUT2D eigenvalue weighted by molar-refractivity contribution is -0.124. The Kier molecular flexibility index (Phi) is 3.91. The molecule has 0 bridgehead atoms. The van der Waals surface area contributed by atoms with Crippen LogP contribution in [0.5, 0.6) is 0 Å². The van der Waals surface area contributed by atoms with Gasteiger partial charge in [-0.15, -0.1) is 0 Å². The molecule has 3 amide bonds. The third-order valence-corrected chi connectivity index (χ3v) is 3.86. The number of hydrogen-bond donors (Lipinski definition) is 2. The van der Waals surface area contributed by atoms with Crippen LogP contribution in [0.1, 0.15) is 20.7 Å². The van der Waals surface area contributed by atoms with Crippen molar-refractivity contribution in [2.75, 3.05) is 32.7 Å². The zero-order chi connectivity index (χ0) is 15.7. The van der Waals surface area contributed by atoms with E-state index in [1.54, 1.807) is 24.3 Å². The number of carbonyl (C=O) groups is 3. The molecular weight excluding hydrogens is 286 g/mol. The third-order valence-electron chi connectivity index (χ3n) is 3.86. The summed E-state index contributed by atoms with van der Waals surface area (Å²) in [4.78, 5) is 38.6. The maximum absolute atomic E-state index is 12.2. The van der Waals surface area contributed by atoms with Gasteiger partial charge in [-0.1, -0.05) is 12.1 Å². The number of imide groups is 1. The second-order valence-corrected chi connectivity index (χ2v) is 5.51. The molecule has 0 spiro atoms. The molecule has 2 aliphatic heterocycles. The number of carbonyl (C=O) groups excluding carboxylic acids is 3. The van der Waals surface area contributed by atoms with Crippen molar-refractivity contribution in [3.63, 3.8) is 0 Å². The Bertz CT molecular complexity index is 596. The van der Waals surface area contributed by atoms with E-state index in [0.29, 0.717) is 24.2 Å². The van der Waals surface area contributed by atoms with Gasteiger partial charge in [-0.05, 0) is 12.1 Å². The van der Waals surface area contributed by atoms with E-state index < -0.39 is 6.10 Å². The van der Waals surface area contributed by atoms with Gasteiger partial charge in [0.05, 0.1) is 30.3 Å². The number of rotatable bonds is 4. The largest absolute Gasteiger partial charge is 0.390 e. The fraction of sp³-hybridized carbons (Fsp3) is 0.400. The van der Waals surface area contributed by atoms with Crippen LogP contribution in [0, 0.1) is 0 Å². The summed E-state index contributed by atoms with van der Waals surface area (Å²) in [6.45, 7) is 1.59. The number of piperazine rings is 1. The Labute approximate surface area is 127 Å². The van der Waals surface area contributed by atoms with E-state index >= 15 is 0 Å². The van der Waals surface area contributed by atoms with Crippen LogP contribution >= 0.6 is 0 Å². The Hall–Kier alpha value is -2.25. The van der Waals surface area contributed by atoms with Gasteiger partial charge in [-0.2, -0.15) is 0 Å². The molecule has 7 nitrogen and oxygen atoms in total. The monoisotopic (exact) mass is 303 g/mol. The molecule has 7 heteroatoms. The van der Waals surface area contributed by atoms with Crippen LogP contribution in [0.25, 0.3) is 0 Å². The normalized spacial score (nSPS) is 20.0. The predicted molar refractivity (Wildman–Crippen MR) is 77.3 cm³/mol. The van der Waals surface area contributed by atoms with E-state index in [0.717, 1.165) is 4.90 Å². The highest BCUT2D eigenvalue weighted by Gasteiger charge is 2.36. The molecule has 22 heavy (non-hydrogen) atoms. The average molecular weight is 303 g/mol. The molecule has 0 aliphatic carbocycles. The average Bonchev–Trinajstić information content (AvgIpc) is 2.73. The van der Waals surface area contributed by atoms with E-state index in [1.165, 1.54) is 0 Å². The summed E-state index contributed by atoms with van der Waals surface area (Å²) in [6, 6.07) is 6.63. The van der Waals surface area contributed by atoms with Gasteiger partial charge in [0.1, 0.15) is 0 Å². The highest BCUT2D eigenvalue weighted by Crippen LogP contribution is 2.22. The molecule has 1 fully saturated rings. The van der Waals surface area contributed by atoms with E-state index in [2.05, 4.69) is 5.32 Å². The van der Waals surface area contributed by atoms with Crippen molar-refractivity contribution in [2.24, 2.45) is 0 Å². The SMILES string of the molecule is O=C1CN(CC(O)CN2C(=O)c3ccccc3C2=O)CCN1. The number of nitrogens with one attached hydrogen (secondary N) is 1. The number of hydrogen-bond acceptors (Lipinski definition) is 5. The molecule has 1 unspecified atom stereocenters. The number of benzene rings is 1. The lowest BCUT2D eigenvalue weighted by atomic mass is 10.1. The highest BCUT2D eigenvalue weighted by molar-refractivity contribution is 6.21. The summed E-state index contributed by atoms with van der Waals surface area (Å²) in [5, 5.41) is 12.8. The van der Waals surface area contributed by atoms with Gasteiger partial charge < -0.3 is 10.4 Å². The first kappa shape index (κ1) is 14.7. The smallest absolute Gasteiger partial charge is 0.261 e. The predicted octanol–water partition coefficient (Wildman–Crippen LogP) is -0.925. The molecule has 1 atom stereocenters. The number of β-amino-alcohol motifs (C(OH)–C–C–N with tert-alkyl or cyclic N) is 1. The van der Waals surface area contributed by atoms with Crippen LogP contribution in [0.3, 0.4) is 0 Å². The molecule has 2 N–H and O–H groups in total. The van der Waals surface area contributed by atoms with Crippen molar-refractivity contribution < 1.29 is 19.5 Å². The van der Waals surface area contributed by atoms with Gasteiger partial charge in [0, 0.05) is 19.6 Å². The maximum Gasteiger partial charge on any atom is 0.261 e. The fourth-order valence-corrected chi connectivity index (χ4v) is 2.82. The molecule has 0 radical (unpaired) electrons. The molecule has 3 rings (SSSR count). The zero-order valence-electron chi connectivity index (χ0n) is 12.0. The van der Waals surface area contributed by atoms with Gasteiger partial charge >= 0.3 is 0 Å². The third kappa shape index (κ3) is 2.72. The van der Waals surface area contributed by atoms with Crippen LogP contribution in [-0.2, 0) is 4.79 Å². The van der Waals surface area contributed by atoms with Crippen molar-refractivity contribution in [2.45, 2.75) is 6.10 Å². The van der Waals surface area contributed by atoms with Crippen molar-refractivity contribution in [3.8, 4) is 0 Å². The molecule has 0 saturated carbocycles. The van der Waals surface area contributed by atoms with Crippen molar-refractivity contribution in [1.29, 1.82) is 0 Å². The standard InChI is InChI=1S/C15H17N3O4/c19-10(7-17-6-5-16-13(20)9-17)8-18-14(21)11-3-1-2-4-12(11)15(18)22/h1-4,10,19H,5-9H2,(H,16,20). The number of aliphatic hydroxyl groups excluding tert-OH is 1. The minimum Gasteiger partial charge on any atom is -0.390 e. The van der Waals surface area contributed by atoms with E-state index in [9.17, 15) is 19.5 Å². The fourth-order valence-electron chi connectivity index (χ4n) is 2.82. The van der Waals surface area contributed by atoms with E-state index in [1.807, 2.05) is 4.90 Å². The molecular formula is C15H17N3O4. The summed E-state index contributed by atoms with van der Waals surface area (Å²) in [5.41, 5.74) is 0.745. The summed E-state index contributed by atoms with van der Waals surface area (Å²) in [5.74, 6) is -0.841. The molecule has 1 aromatic carbocycles. The second-order valence-electron chi connectivity index (χ2n) is 5.51. The van der Waals surface area contributed by atoms with Crippen molar-refractivity contribution in [1.82, 2.24) is 15.1 Å². The quantitative estimate of drug-likeness (QED) is 0.702. The number of nitrogens with zero attached hydrogens (tertiary/aromatic N) is 2. The minimum atomic E-state index is -0.881. The minimum absolute atomic E-state index is 0.0650. The Morgan fingerprint density at radius 1 is 1.09 bits per heavy atom. The summed E-state index contributed by atoms with van der Waals surface area (Å²) in [6.07, 6.45) is -0.881. The van der Waals surface area contributed by atoms with Crippen molar-refractivity contribution >= 4 is 17.7 Å². The molecule has 1 aromatic rings. The molecule has 2 aliphatic rings. The molecule has 1 saturated heterocycles. The van der Waals surface area contributed by atoms with Crippen LogP contribution in [0.4, 0.5) is 0 Å². The Morgan fingerprint density at radius 2 is 1.73 bits per heavy atom. The van der Waals surface area contributed by atoms with E-state index in [4.69, 9.17) is 0 Å². The first-order chi connectivity index (χ1) is 10.6. The number of fused-ring (bicyclic) bond motifs is 1.